The molecule has 36 heavy (non-hydrogen) atoms. The number of esters is 1. The van der Waals surface area contributed by atoms with Gasteiger partial charge >= 0.3 is 13.7 Å². The Bertz CT molecular complexity index is 1260. The molecule has 1 aromatic carbocycles. The first-order chi connectivity index (χ1) is 17.3. The first-order valence-corrected chi connectivity index (χ1v) is 12.6. The summed E-state index contributed by atoms with van der Waals surface area (Å²) in [5.74, 6) is -0.184. The number of rotatable bonds is 11. The van der Waals surface area contributed by atoms with E-state index in [1.165, 1.54) is 25.7 Å². The maximum absolute atomic E-state index is 13.6. The SMILES string of the molecule is C=CCOC(=O)[C@H](C)N[P@](=O)(OC[C@H]1OC(n2cnc3c(N)ncnc32)C[C@@H]1O)Oc1ccccc1. The lowest BCUT2D eigenvalue weighted by molar-refractivity contribution is -0.144. The van der Waals surface area contributed by atoms with E-state index >= 15 is 0 Å². The molecule has 5 atom stereocenters. The van der Waals surface area contributed by atoms with Crippen LogP contribution in [0.5, 0.6) is 5.75 Å². The fourth-order valence-electron chi connectivity index (χ4n) is 3.55. The standard InChI is InChI=1S/C22H27N6O7P/c1-3-9-32-22(30)14(2)27-36(31,35-15-7-5-4-6-8-15)33-11-17-16(29)10-18(34-17)28-13-26-19-20(23)24-12-25-21(19)28/h3-8,12-14,16-18,29H,1,9-11H2,2H3,(H,27,31)(H2,23,24,25)/t14-,16-,17+,18?,36-/m0/s1. The van der Waals surface area contributed by atoms with E-state index in [0.717, 1.165) is 0 Å². The van der Waals surface area contributed by atoms with Crippen LogP contribution in [0.3, 0.4) is 0 Å². The van der Waals surface area contributed by atoms with Gasteiger partial charge in [-0.1, -0.05) is 30.9 Å². The summed E-state index contributed by atoms with van der Waals surface area (Å²) < 4.78 is 37.4. The zero-order chi connectivity index (χ0) is 25.7. The molecule has 1 unspecified atom stereocenters. The van der Waals surface area contributed by atoms with Gasteiger partial charge in [-0.25, -0.2) is 19.5 Å². The molecule has 0 radical (unpaired) electrons. The van der Waals surface area contributed by atoms with E-state index in [2.05, 4.69) is 26.6 Å². The fraction of sp³-hybridized carbons (Fsp3) is 0.364. The molecule has 1 aliphatic heterocycles. The highest BCUT2D eigenvalue weighted by Crippen LogP contribution is 2.46. The van der Waals surface area contributed by atoms with Gasteiger partial charge in [0.1, 0.15) is 42.6 Å². The van der Waals surface area contributed by atoms with Crippen molar-refractivity contribution in [1.82, 2.24) is 24.6 Å². The number of aliphatic hydroxyl groups is 1. The van der Waals surface area contributed by atoms with Gasteiger partial charge in [0.05, 0.1) is 19.0 Å². The van der Waals surface area contributed by atoms with E-state index in [4.69, 9.17) is 24.3 Å². The van der Waals surface area contributed by atoms with E-state index < -0.39 is 38.2 Å². The number of benzene rings is 1. The van der Waals surface area contributed by atoms with Gasteiger partial charge < -0.3 is 24.8 Å². The van der Waals surface area contributed by atoms with Gasteiger partial charge in [0.2, 0.25) is 0 Å². The van der Waals surface area contributed by atoms with Crippen LogP contribution in [0.25, 0.3) is 11.2 Å². The van der Waals surface area contributed by atoms with Gasteiger partial charge in [0.15, 0.2) is 11.5 Å². The molecule has 1 aliphatic rings. The van der Waals surface area contributed by atoms with Crippen molar-refractivity contribution in [1.29, 1.82) is 0 Å². The number of nitrogen functional groups attached to an aromatic ring is 1. The number of carbonyl (C=O) groups excluding carboxylic acids is 1. The molecule has 4 N–H and O–H groups in total. The van der Waals surface area contributed by atoms with Crippen molar-refractivity contribution < 1.29 is 33.0 Å². The van der Waals surface area contributed by atoms with Crippen molar-refractivity contribution >= 4 is 30.7 Å². The molecular formula is C22H27N6O7P. The molecule has 1 fully saturated rings. The van der Waals surface area contributed by atoms with Gasteiger partial charge in [-0.3, -0.25) is 13.9 Å². The molecule has 0 saturated carbocycles. The Hall–Kier alpha value is -3.35. The number of nitrogens with zero attached hydrogens (tertiary/aromatic N) is 4. The number of aliphatic hydroxyl groups excluding tert-OH is 1. The second-order valence-electron chi connectivity index (χ2n) is 7.98. The number of hydrogen-bond acceptors (Lipinski definition) is 11. The number of carbonyl (C=O) groups is 1. The van der Waals surface area contributed by atoms with Crippen molar-refractivity contribution in [3.05, 3.63) is 55.6 Å². The minimum Gasteiger partial charge on any atom is -0.460 e. The van der Waals surface area contributed by atoms with Crippen LogP contribution in [0, 0.1) is 0 Å². The number of aromatic nitrogens is 4. The third-order valence-electron chi connectivity index (χ3n) is 5.33. The van der Waals surface area contributed by atoms with Crippen molar-refractivity contribution in [3.8, 4) is 5.75 Å². The van der Waals surface area contributed by atoms with Crippen LogP contribution in [-0.4, -0.2) is 62.1 Å². The Morgan fingerprint density at radius 2 is 2.17 bits per heavy atom. The van der Waals surface area contributed by atoms with E-state index in [1.807, 2.05) is 0 Å². The molecule has 0 spiro atoms. The van der Waals surface area contributed by atoms with Crippen LogP contribution in [-0.2, 0) is 23.4 Å². The predicted molar refractivity (Wildman–Crippen MR) is 129 cm³/mol. The minimum atomic E-state index is -4.11. The summed E-state index contributed by atoms with van der Waals surface area (Å²) in [6, 6.07) is 7.32. The van der Waals surface area contributed by atoms with Crippen molar-refractivity contribution in [3.63, 3.8) is 0 Å². The maximum atomic E-state index is 13.6. The lowest BCUT2D eigenvalue weighted by atomic mass is 10.2. The van der Waals surface area contributed by atoms with E-state index in [-0.39, 0.29) is 31.2 Å². The fourth-order valence-corrected chi connectivity index (χ4v) is 5.06. The second kappa shape index (κ2) is 11.1. The van der Waals surface area contributed by atoms with Crippen molar-refractivity contribution in [2.24, 2.45) is 0 Å². The van der Waals surface area contributed by atoms with Gasteiger partial charge in [0, 0.05) is 6.42 Å². The molecule has 4 rings (SSSR count). The molecule has 3 heterocycles. The van der Waals surface area contributed by atoms with E-state index in [0.29, 0.717) is 11.2 Å². The Morgan fingerprint density at radius 1 is 1.39 bits per heavy atom. The molecule has 0 bridgehead atoms. The number of para-hydroxylation sites is 1. The van der Waals surface area contributed by atoms with Gasteiger partial charge in [0.25, 0.3) is 0 Å². The number of imidazole rings is 1. The predicted octanol–water partition coefficient (Wildman–Crippen LogP) is 1.97. The first kappa shape index (κ1) is 25.7. The molecule has 192 valence electrons. The zero-order valence-electron chi connectivity index (χ0n) is 19.5. The Labute approximate surface area is 206 Å². The monoisotopic (exact) mass is 518 g/mol. The van der Waals surface area contributed by atoms with Crippen LogP contribution in [0.2, 0.25) is 0 Å². The van der Waals surface area contributed by atoms with Gasteiger partial charge in [-0.05, 0) is 19.1 Å². The van der Waals surface area contributed by atoms with Crippen LogP contribution < -0.4 is 15.3 Å². The quantitative estimate of drug-likeness (QED) is 0.192. The molecule has 2 aromatic heterocycles. The second-order valence-corrected chi connectivity index (χ2v) is 9.68. The lowest BCUT2D eigenvalue weighted by Gasteiger charge is -2.24. The molecule has 0 amide bonds. The largest absolute Gasteiger partial charge is 0.460 e. The first-order valence-electron chi connectivity index (χ1n) is 11.1. The molecule has 1 saturated heterocycles. The van der Waals surface area contributed by atoms with Crippen LogP contribution >= 0.6 is 7.75 Å². The summed E-state index contributed by atoms with van der Waals surface area (Å²) in [5.41, 5.74) is 6.71. The Kier molecular flexibility index (Phi) is 7.97. The average molecular weight is 518 g/mol. The summed E-state index contributed by atoms with van der Waals surface area (Å²) in [7, 11) is -4.11. The number of anilines is 1. The summed E-state index contributed by atoms with van der Waals surface area (Å²) >= 11 is 0. The lowest BCUT2D eigenvalue weighted by Crippen LogP contribution is -2.36. The molecule has 0 aliphatic carbocycles. The third-order valence-corrected chi connectivity index (χ3v) is 6.97. The average Bonchev–Trinajstić information content (AvgIpc) is 3.46. The molecule has 3 aromatic rings. The zero-order valence-corrected chi connectivity index (χ0v) is 20.4. The summed E-state index contributed by atoms with van der Waals surface area (Å²) in [6.07, 6.45) is 1.99. The summed E-state index contributed by atoms with van der Waals surface area (Å²) in [4.78, 5) is 24.5. The van der Waals surface area contributed by atoms with Crippen LogP contribution in [0.15, 0.2) is 55.6 Å². The van der Waals surface area contributed by atoms with Crippen LogP contribution in [0.1, 0.15) is 19.6 Å². The molecule has 14 heteroatoms. The number of hydrogen-bond donors (Lipinski definition) is 3. The Balaban J connectivity index is 1.46. The summed E-state index contributed by atoms with van der Waals surface area (Å²) in [6.45, 7) is 4.65. The topological polar surface area (TPSA) is 173 Å². The normalized spacial score (nSPS) is 22.1. The number of ether oxygens (including phenoxy) is 2. The summed E-state index contributed by atoms with van der Waals surface area (Å²) in [5, 5.41) is 13.2. The number of fused-ring (bicyclic) bond motifs is 1. The molecule has 13 nitrogen and oxygen atoms in total. The minimum absolute atomic E-state index is 0.00144. The maximum Gasteiger partial charge on any atom is 0.459 e. The molecular weight excluding hydrogens is 491 g/mol. The van der Waals surface area contributed by atoms with Crippen molar-refractivity contribution in [2.75, 3.05) is 18.9 Å². The van der Waals surface area contributed by atoms with Crippen LogP contribution in [0.4, 0.5) is 5.82 Å². The number of nitrogens with one attached hydrogen (secondary N) is 1. The highest BCUT2D eigenvalue weighted by atomic mass is 31.2. The highest BCUT2D eigenvalue weighted by molar-refractivity contribution is 7.52. The van der Waals surface area contributed by atoms with E-state index in [1.54, 1.807) is 34.9 Å². The Morgan fingerprint density at radius 3 is 2.92 bits per heavy atom. The highest BCUT2D eigenvalue weighted by Gasteiger charge is 2.39. The third kappa shape index (κ3) is 5.89. The van der Waals surface area contributed by atoms with Gasteiger partial charge in [-0.15, -0.1) is 0 Å². The smallest absolute Gasteiger partial charge is 0.459 e. The van der Waals surface area contributed by atoms with E-state index in [9.17, 15) is 14.5 Å². The number of nitrogens with two attached hydrogens (primary N) is 1. The van der Waals surface area contributed by atoms with Gasteiger partial charge in [-0.2, -0.15) is 5.09 Å². The van der Waals surface area contributed by atoms with Crippen molar-refractivity contribution in [2.45, 2.75) is 37.8 Å².